The van der Waals surface area contributed by atoms with Crippen molar-refractivity contribution in [1.82, 2.24) is 4.90 Å². The number of thiophene rings is 1. The summed E-state index contributed by atoms with van der Waals surface area (Å²) >= 11 is 1.38. The number of methoxy groups -OCH3 is 1. The number of amides is 3. The van der Waals surface area contributed by atoms with Gasteiger partial charge in [-0.3, -0.25) is 19.3 Å². The van der Waals surface area contributed by atoms with E-state index in [1.807, 2.05) is 0 Å². The zero-order valence-electron chi connectivity index (χ0n) is 18.6. The van der Waals surface area contributed by atoms with Gasteiger partial charge >= 0.3 is 5.97 Å². The predicted octanol–water partition coefficient (Wildman–Crippen LogP) is 3.92. The fourth-order valence-corrected chi connectivity index (χ4v) is 5.92. The molecule has 4 rings (SSSR count). The van der Waals surface area contributed by atoms with Crippen LogP contribution >= 0.6 is 11.3 Å². The van der Waals surface area contributed by atoms with Crippen LogP contribution in [0.4, 0.5) is 5.00 Å². The molecule has 7 nitrogen and oxygen atoms in total. The smallest absolute Gasteiger partial charge is 0.341 e. The van der Waals surface area contributed by atoms with Crippen molar-refractivity contribution in [1.29, 1.82) is 0 Å². The number of fused-ring (bicyclic) bond motifs is 2. The molecule has 2 atom stereocenters. The van der Waals surface area contributed by atoms with Crippen molar-refractivity contribution in [3.8, 4) is 0 Å². The van der Waals surface area contributed by atoms with E-state index in [1.54, 1.807) is 38.1 Å². The molecule has 168 valence electrons. The minimum atomic E-state index is -1.01. The molecule has 0 fully saturated rings. The van der Waals surface area contributed by atoms with Crippen LogP contribution in [-0.4, -0.2) is 41.7 Å². The summed E-state index contributed by atoms with van der Waals surface area (Å²) in [7, 11) is 1.32. The minimum absolute atomic E-state index is 0.298. The molecule has 0 saturated heterocycles. The molecule has 0 saturated carbocycles. The lowest BCUT2D eigenvalue weighted by Gasteiger charge is -2.28. The molecule has 1 aliphatic heterocycles. The normalized spacial score (nSPS) is 18.4. The highest BCUT2D eigenvalue weighted by Gasteiger charge is 2.44. The Morgan fingerprint density at radius 2 is 1.78 bits per heavy atom. The summed E-state index contributed by atoms with van der Waals surface area (Å²) in [6.45, 7) is 5.74. The van der Waals surface area contributed by atoms with E-state index in [1.165, 1.54) is 18.4 Å². The Morgan fingerprint density at radius 3 is 2.34 bits per heavy atom. The Balaban J connectivity index is 1.68. The van der Waals surface area contributed by atoms with Gasteiger partial charge in [0.25, 0.3) is 11.8 Å². The van der Waals surface area contributed by atoms with Crippen LogP contribution in [0.2, 0.25) is 0 Å². The molecule has 2 aliphatic rings. The first kappa shape index (κ1) is 22.2. The van der Waals surface area contributed by atoms with Gasteiger partial charge < -0.3 is 10.1 Å². The lowest BCUT2D eigenvalue weighted by molar-refractivity contribution is -0.121. The molecule has 3 amide bonds. The van der Waals surface area contributed by atoms with Crippen LogP contribution < -0.4 is 5.32 Å². The number of hydrogen-bond donors (Lipinski definition) is 1. The number of rotatable bonds is 5. The third kappa shape index (κ3) is 3.62. The Kier molecular flexibility index (Phi) is 5.90. The van der Waals surface area contributed by atoms with Gasteiger partial charge in [-0.1, -0.05) is 32.9 Å². The molecule has 1 aliphatic carbocycles. The molecular weight excluding hydrogens is 428 g/mol. The van der Waals surface area contributed by atoms with E-state index in [9.17, 15) is 19.2 Å². The van der Waals surface area contributed by atoms with Gasteiger partial charge in [0.1, 0.15) is 11.0 Å². The lowest BCUT2D eigenvalue weighted by atomic mass is 9.88. The summed E-state index contributed by atoms with van der Waals surface area (Å²) in [5.41, 5.74) is 1.91. The van der Waals surface area contributed by atoms with E-state index in [0.29, 0.717) is 27.6 Å². The fourth-order valence-electron chi connectivity index (χ4n) is 4.52. The summed E-state index contributed by atoms with van der Waals surface area (Å²) in [5, 5.41) is 3.28. The minimum Gasteiger partial charge on any atom is -0.465 e. The number of anilines is 1. The van der Waals surface area contributed by atoms with E-state index >= 15 is 0 Å². The number of nitrogens with one attached hydrogen (secondary N) is 1. The average molecular weight is 455 g/mol. The molecule has 0 radical (unpaired) electrons. The van der Waals surface area contributed by atoms with Crippen LogP contribution in [0, 0.1) is 11.8 Å². The van der Waals surface area contributed by atoms with Gasteiger partial charge in [0.2, 0.25) is 5.91 Å². The number of ether oxygens (including phenoxy) is 1. The lowest BCUT2D eigenvalue weighted by Crippen LogP contribution is -2.50. The molecule has 2 aromatic rings. The zero-order valence-corrected chi connectivity index (χ0v) is 19.4. The summed E-state index contributed by atoms with van der Waals surface area (Å²) < 4.78 is 4.99. The second-order valence-corrected chi connectivity index (χ2v) is 9.86. The molecule has 1 aromatic carbocycles. The molecule has 32 heavy (non-hydrogen) atoms. The molecule has 0 unspecified atom stereocenters. The van der Waals surface area contributed by atoms with Crippen LogP contribution in [-0.2, 0) is 22.4 Å². The van der Waals surface area contributed by atoms with Gasteiger partial charge in [-0.05, 0) is 48.8 Å². The number of carbonyl (C=O) groups excluding carboxylic acids is 4. The molecule has 1 N–H and O–H groups in total. The van der Waals surface area contributed by atoms with Gasteiger partial charge in [-0.2, -0.15) is 0 Å². The largest absolute Gasteiger partial charge is 0.465 e. The molecule has 0 bridgehead atoms. The molecule has 2 heterocycles. The van der Waals surface area contributed by atoms with Crippen molar-refractivity contribution < 1.29 is 23.9 Å². The number of esters is 1. The molecule has 0 spiro atoms. The Morgan fingerprint density at radius 1 is 1.16 bits per heavy atom. The first-order valence-electron chi connectivity index (χ1n) is 10.7. The van der Waals surface area contributed by atoms with E-state index in [2.05, 4.69) is 12.2 Å². The van der Waals surface area contributed by atoms with Crippen LogP contribution in [0.15, 0.2) is 24.3 Å². The van der Waals surface area contributed by atoms with Crippen LogP contribution in [0.1, 0.15) is 68.7 Å². The van der Waals surface area contributed by atoms with E-state index in [4.69, 9.17) is 4.74 Å². The summed E-state index contributed by atoms with van der Waals surface area (Å²) in [4.78, 5) is 54.0. The monoisotopic (exact) mass is 454 g/mol. The second-order valence-electron chi connectivity index (χ2n) is 8.75. The van der Waals surface area contributed by atoms with Crippen molar-refractivity contribution in [3.05, 3.63) is 51.4 Å². The van der Waals surface area contributed by atoms with Crippen molar-refractivity contribution in [2.45, 2.75) is 46.1 Å². The van der Waals surface area contributed by atoms with Crippen molar-refractivity contribution in [2.75, 3.05) is 12.4 Å². The van der Waals surface area contributed by atoms with Crippen molar-refractivity contribution in [3.63, 3.8) is 0 Å². The maximum atomic E-state index is 13.4. The predicted molar refractivity (Wildman–Crippen MR) is 121 cm³/mol. The SMILES string of the molecule is COC(=O)c1c(NC(=O)[C@H](C(C)C)N2C(=O)c3ccccc3C2=O)sc2c1CC[C@H](C)C2. The first-order valence-corrected chi connectivity index (χ1v) is 11.6. The quantitative estimate of drug-likeness (QED) is 0.546. The average Bonchev–Trinajstić information content (AvgIpc) is 3.23. The molecule has 1 aromatic heterocycles. The highest BCUT2D eigenvalue weighted by molar-refractivity contribution is 7.17. The van der Waals surface area contributed by atoms with Crippen molar-refractivity contribution >= 4 is 40.0 Å². The third-order valence-corrected chi connectivity index (χ3v) is 7.31. The highest BCUT2D eigenvalue weighted by Crippen LogP contribution is 2.40. The highest BCUT2D eigenvalue weighted by atomic mass is 32.1. The van der Waals surface area contributed by atoms with Gasteiger partial charge in [-0.25, -0.2) is 4.79 Å². The van der Waals surface area contributed by atoms with Crippen molar-refractivity contribution in [2.24, 2.45) is 11.8 Å². The number of benzene rings is 1. The summed E-state index contributed by atoms with van der Waals surface area (Å²) in [5.74, 6) is -1.77. The summed E-state index contributed by atoms with van der Waals surface area (Å²) in [6.07, 6.45) is 2.55. The number of hydrogen-bond acceptors (Lipinski definition) is 6. The topological polar surface area (TPSA) is 92.8 Å². The number of carbonyl (C=O) groups is 4. The van der Waals surface area contributed by atoms with E-state index < -0.39 is 29.7 Å². The Bertz CT molecular complexity index is 1080. The van der Waals surface area contributed by atoms with Gasteiger partial charge in [-0.15, -0.1) is 11.3 Å². The van der Waals surface area contributed by atoms with Crippen LogP contribution in [0.5, 0.6) is 0 Å². The van der Waals surface area contributed by atoms with Gasteiger partial charge in [0.15, 0.2) is 0 Å². The maximum absolute atomic E-state index is 13.4. The van der Waals surface area contributed by atoms with Crippen LogP contribution in [0.3, 0.4) is 0 Å². The second kappa shape index (κ2) is 8.50. The number of imide groups is 1. The van der Waals surface area contributed by atoms with E-state index in [-0.39, 0.29) is 5.92 Å². The first-order chi connectivity index (χ1) is 15.2. The third-order valence-electron chi connectivity index (χ3n) is 6.14. The van der Waals surface area contributed by atoms with Crippen LogP contribution in [0.25, 0.3) is 0 Å². The maximum Gasteiger partial charge on any atom is 0.341 e. The van der Waals surface area contributed by atoms with E-state index in [0.717, 1.165) is 34.6 Å². The fraction of sp³-hybridized carbons (Fsp3) is 0.417. The summed E-state index contributed by atoms with van der Waals surface area (Å²) in [6, 6.07) is 5.56. The van der Waals surface area contributed by atoms with Gasteiger partial charge in [0.05, 0.1) is 23.8 Å². The zero-order chi connectivity index (χ0) is 23.2. The number of nitrogens with zero attached hydrogens (tertiary/aromatic N) is 1. The molecule has 8 heteroatoms. The Hall–Kier alpha value is -3.00. The standard InChI is InChI=1S/C24H26N2O5S/c1-12(2)19(26-22(28)14-7-5-6-8-15(14)23(26)29)20(27)25-21-18(24(30)31-4)16-10-9-13(3)11-17(16)32-21/h5-8,12-13,19H,9-11H2,1-4H3,(H,25,27)/t13-,19-/m0/s1. The Labute approximate surface area is 190 Å². The van der Waals surface area contributed by atoms with Gasteiger partial charge in [0, 0.05) is 4.88 Å². The molecular formula is C24H26N2O5S.